The van der Waals surface area contributed by atoms with E-state index in [2.05, 4.69) is 10.6 Å². The van der Waals surface area contributed by atoms with Gasteiger partial charge in [-0.3, -0.25) is 4.79 Å². The van der Waals surface area contributed by atoms with Crippen LogP contribution in [0.25, 0.3) is 0 Å². The number of hydrogen-bond acceptors (Lipinski definition) is 2. The summed E-state index contributed by atoms with van der Waals surface area (Å²) in [5.74, 6) is -0.717. The molecule has 1 aromatic carbocycles. The second kappa shape index (κ2) is 8.33. The number of nitrogens with zero attached hydrogens (tertiary/aromatic N) is 1. The molecule has 132 valence electrons. The van der Waals surface area contributed by atoms with E-state index in [9.17, 15) is 14.0 Å². The number of urea groups is 1. The fourth-order valence-electron chi connectivity index (χ4n) is 2.60. The number of carbonyl (C=O) groups is 2. The maximum atomic E-state index is 13.4. The molecule has 1 aromatic rings. The van der Waals surface area contributed by atoms with Gasteiger partial charge in [0, 0.05) is 25.3 Å². The minimum atomic E-state index is -0.576. The number of piperidine rings is 1. The number of halogens is 2. The zero-order valence-corrected chi connectivity index (χ0v) is 14.7. The summed E-state index contributed by atoms with van der Waals surface area (Å²) in [5.41, 5.74) is 0.364. The second-order valence-electron chi connectivity index (χ2n) is 6.48. The van der Waals surface area contributed by atoms with Gasteiger partial charge < -0.3 is 15.5 Å². The van der Waals surface area contributed by atoms with Crippen molar-refractivity contribution in [2.75, 3.05) is 25.0 Å². The van der Waals surface area contributed by atoms with Crippen LogP contribution in [-0.2, 0) is 4.79 Å². The first-order valence-electron chi connectivity index (χ1n) is 8.15. The van der Waals surface area contributed by atoms with Gasteiger partial charge in [0.05, 0.1) is 10.9 Å². The van der Waals surface area contributed by atoms with Crippen LogP contribution in [0.2, 0.25) is 5.02 Å². The average Bonchev–Trinajstić information content (AvgIpc) is 2.56. The third kappa shape index (κ3) is 5.09. The lowest BCUT2D eigenvalue weighted by molar-refractivity contribution is -0.121. The molecular weight excluding hydrogens is 333 g/mol. The van der Waals surface area contributed by atoms with Crippen LogP contribution in [-0.4, -0.2) is 36.5 Å². The van der Waals surface area contributed by atoms with Gasteiger partial charge in [0.25, 0.3) is 0 Å². The number of amides is 3. The summed E-state index contributed by atoms with van der Waals surface area (Å²) in [6.45, 7) is 5.67. The molecule has 1 aliphatic heterocycles. The first-order chi connectivity index (χ1) is 11.4. The largest absolute Gasteiger partial charge is 0.338 e. The lowest BCUT2D eigenvalue weighted by Crippen LogP contribution is -2.48. The van der Waals surface area contributed by atoms with Gasteiger partial charge in [-0.2, -0.15) is 0 Å². The molecule has 0 unspecified atom stereocenters. The van der Waals surface area contributed by atoms with Gasteiger partial charge in [0.1, 0.15) is 5.82 Å². The Morgan fingerprint density at radius 1 is 1.42 bits per heavy atom. The lowest BCUT2D eigenvalue weighted by atomic mass is 9.97. The normalized spacial score (nSPS) is 17.7. The van der Waals surface area contributed by atoms with Crippen LogP contribution in [0, 0.1) is 17.7 Å². The molecule has 3 amide bonds. The Morgan fingerprint density at radius 3 is 2.83 bits per heavy atom. The zero-order valence-electron chi connectivity index (χ0n) is 13.9. The van der Waals surface area contributed by atoms with E-state index in [1.54, 1.807) is 11.0 Å². The highest BCUT2D eigenvalue weighted by atomic mass is 35.5. The topological polar surface area (TPSA) is 61.4 Å². The predicted octanol–water partition coefficient (Wildman–Crippen LogP) is 3.50. The van der Waals surface area contributed by atoms with Gasteiger partial charge in [-0.05, 0) is 37.0 Å². The van der Waals surface area contributed by atoms with E-state index < -0.39 is 5.82 Å². The molecule has 0 bridgehead atoms. The van der Waals surface area contributed by atoms with Crippen LogP contribution in [0.4, 0.5) is 14.9 Å². The number of benzene rings is 1. The molecule has 0 saturated carbocycles. The Kier molecular flexibility index (Phi) is 6.43. The third-order valence-corrected chi connectivity index (χ3v) is 4.23. The number of anilines is 1. The van der Waals surface area contributed by atoms with Crippen LogP contribution < -0.4 is 10.6 Å². The molecular formula is C17H23ClFN3O2. The van der Waals surface area contributed by atoms with E-state index in [1.807, 2.05) is 13.8 Å². The van der Waals surface area contributed by atoms with Crippen LogP contribution >= 0.6 is 11.6 Å². The first-order valence-corrected chi connectivity index (χ1v) is 8.53. The summed E-state index contributed by atoms with van der Waals surface area (Å²) in [4.78, 5) is 26.2. The molecule has 2 N–H and O–H groups in total. The minimum Gasteiger partial charge on any atom is -0.338 e. The van der Waals surface area contributed by atoms with Crippen molar-refractivity contribution in [3.8, 4) is 0 Å². The van der Waals surface area contributed by atoms with Gasteiger partial charge in [0.2, 0.25) is 5.91 Å². The highest BCUT2D eigenvalue weighted by Gasteiger charge is 2.28. The monoisotopic (exact) mass is 355 g/mol. The summed E-state index contributed by atoms with van der Waals surface area (Å²) in [5, 5.41) is 5.57. The summed E-state index contributed by atoms with van der Waals surface area (Å²) in [6, 6.07) is 4.01. The van der Waals surface area contributed by atoms with Gasteiger partial charge in [-0.1, -0.05) is 25.4 Å². The maximum absolute atomic E-state index is 13.4. The molecule has 0 aliphatic carbocycles. The molecule has 1 heterocycles. The molecule has 7 heteroatoms. The Labute approximate surface area is 146 Å². The van der Waals surface area contributed by atoms with E-state index in [4.69, 9.17) is 11.6 Å². The molecule has 0 radical (unpaired) electrons. The van der Waals surface area contributed by atoms with E-state index in [1.165, 1.54) is 12.1 Å². The second-order valence-corrected chi connectivity index (χ2v) is 6.89. The Morgan fingerprint density at radius 2 is 2.17 bits per heavy atom. The lowest BCUT2D eigenvalue weighted by Gasteiger charge is -2.32. The van der Waals surface area contributed by atoms with Gasteiger partial charge in [-0.25, -0.2) is 9.18 Å². The quantitative estimate of drug-likeness (QED) is 0.868. The van der Waals surface area contributed by atoms with Crippen molar-refractivity contribution in [3.63, 3.8) is 0 Å². The molecule has 0 aromatic heterocycles. The Hall–Kier alpha value is -1.82. The highest BCUT2D eigenvalue weighted by Crippen LogP contribution is 2.22. The van der Waals surface area contributed by atoms with Crippen LogP contribution in [0.5, 0.6) is 0 Å². The summed E-state index contributed by atoms with van der Waals surface area (Å²) in [7, 11) is 0. The SMILES string of the molecule is CC(C)CNC(=O)N1CCC[C@H](C(=O)Nc2ccc(Cl)c(F)c2)C1. The standard InChI is InChI=1S/C17H23ClFN3O2/c1-11(2)9-20-17(24)22-7-3-4-12(10-22)16(23)21-13-5-6-14(18)15(19)8-13/h5-6,8,11-12H,3-4,7,9-10H2,1-2H3,(H,20,24)(H,21,23)/t12-/m0/s1. The molecule has 2 rings (SSSR count). The predicted molar refractivity (Wildman–Crippen MR) is 92.6 cm³/mol. The molecule has 24 heavy (non-hydrogen) atoms. The molecule has 1 atom stereocenters. The average molecular weight is 356 g/mol. The van der Waals surface area contributed by atoms with Crippen LogP contribution in [0.15, 0.2) is 18.2 Å². The van der Waals surface area contributed by atoms with E-state index in [0.717, 1.165) is 6.42 Å². The van der Waals surface area contributed by atoms with E-state index >= 15 is 0 Å². The Balaban J connectivity index is 1.92. The molecule has 1 fully saturated rings. The van der Waals surface area contributed by atoms with Crippen LogP contribution in [0.3, 0.4) is 0 Å². The maximum Gasteiger partial charge on any atom is 0.317 e. The molecule has 1 saturated heterocycles. The number of nitrogens with one attached hydrogen (secondary N) is 2. The summed E-state index contributed by atoms with van der Waals surface area (Å²) in [6.07, 6.45) is 1.47. The van der Waals surface area contributed by atoms with Gasteiger partial charge in [-0.15, -0.1) is 0 Å². The van der Waals surface area contributed by atoms with E-state index in [0.29, 0.717) is 37.7 Å². The zero-order chi connectivity index (χ0) is 17.7. The van der Waals surface area contributed by atoms with Crippen molar-refractivity contribution in [1.29, 1.82) is 0 Å². The summed E-state index contributed by atoms with van der Waals surface area (Å²) < 4.78 is 13.4. The fourth-order valence-corrected chi connectivity index (χ4v) is 2.71. The fraction of sp³-hybridized carbons (Fsp3) is 0.529. The number of rotatable bonds is 4. The van der Waals surface area contributed by atoms with Crippen molar-refractivity contribution in [1.82, 2.24) is 10.2 Å². The highest BCUT2D eigenvalue weighted by molar-refractivity contribution is 6.30. The molecule has 1 aliphatic rings. The third-order valence-electron chi connectivity index (χ3n) is 3.93. The molecule has 0 spiro atoms. The smallest absolute Gasteiger partial charge is 0.317 e. The minimum absolute atomic E-state index is 0.0127. The van der Waals surface area contributed by atoms with Gasteiger partial charge >= 0.3 is 6.03 Å². The number of hydrogen-bond donors (Lipinski definition) is 2. The van der Waals surface area contributed by atoms with Crippen molar-refractivity contribution < 1.29 is 14.0 Å². The van der Waals surface area contributed by atoms with E-state index in [-0.39, 0.29) is 22.9 Å². The van der Waals surface area contributed by atoms with Gasteiger partial charge in [0.15, 0.2) is 0 Å². The number of likely N-dealkylation sites (tertiary alicyclic amines) is 1. The van der Waals surface area contributed by atoms with Crippen molar-refractivity contribution >= 4 is 29.2 Å². The van der Waals surface area contributed by atoms with Crippen molar-refractivity contribution in [3.05, 3.63) is 29.0 Å². The molecule has 5 nitrogen and oxygen atoms in total. The van der Waals surface area contributed by atoms with Crippen molar-refractivity contribution in [2.45, 2.75) is 26.7 Å². The number of carbonyl (C=O) groups excluding carboxylic acids is 2. The van der Waals surface area contributed by atoms with Crippen molar-refractivity contribution in [2.24, 2.45) is 11.8 Å². The van der Waals surface area contributed by atoms with Crippen LogP contribution in [0.1, 0.15) is 26.7 Å². The Bertz CT molecular complexity index is 609. The summed E-state index contributed by atoms with van der Waals surface area (Å²) >= 11 is 5.63. The first kappa shape index (κ1) is 18.5.